The van der Waals surface area contributed by atoms with Crippen molar-refractivity contribution in [2.75, 3.05) is 6.54 Å². The van der Waals surface area contributed by atoms with Crippen molar-refractivity contribution in [1.29, 1.82) is 0 Å². The molecule has 5 heteroatoms. The smallest absolute Gasteiger partial charge is 0.315 e. The maximum atomic E-state index is 12.9. The number of nitrogens with one attached hydrogen (secondary N) is 2. The van der Waals surface area contributed by atoms with Gasteiger partial charge in [-0.3, -0.25) is 9.69 Å². The maximum Gasteiger partial charge on any atom is 0.315 e. The van der Waals surface area contributed by atoms with Crippen LogP contribution in [0.25, 0.3) is 10.8 Å². The van der Waals surface area contributed by atoms with Crippen LogP contribution in [-0.2, 0) is 0 Å². The highest BCUT2D eigenvalue weighted by atomic mass is 16.2. The molecule has 2 aliphatic heterocycles. The molecule has 40 heavy (non-hydrogen) atoms. The van der Waals surface area contributed by atoms with Crippen LogP contribution in [0.2, 0.25) is 0 Å². The summed E-state index contributed by atoms with van der Waals surface area (Å²) in [6.45, 7) is 5.27. The third kappa shape index (κ3) is 5.41. The summed E-state index contributed by atoms with van der Waals surface area (Å²) >= 11 is 0. The first-order chi connectivity index (χ1) is 19.5. The Morgan fingerprint density at radius 1 is 0.900 bits per heavy atom. The van der Waals surface area contributed by atoms with E-state index < -0.39 is 0 Å². The Bertz CT molecular complexity index is 1370. The highest BCUT2D eigenvalue weighted by Gasteiger charge is 2.43. The summed E-state index contributed by atoms with van der Waals surface area (Å²) < 4.78 is 0. The Labute approximate surface area is 238 Å². The van der Waals surface area contributed by atoms with E-state index in [1.807, 2.05) is 0 Å². The Kier molecular flexibility index (Phi) is 7.93. The number of rotatable bonds is 9. The van der Waals surface area contributed by atoms with Gasteiger partial charge >= 0.3 is 6.03 Å². The molecule has 3 aromatic rings. The van der Waals surface area contributed by atoms with E-state index in [-0.39, 0.29) is 23.9 Å². The SMILES string of the molecule is CCCC(=O)c1ccc2c(c1)C1CCC2N1CCC1CCC(NC(=O)N[C@H](C)c2cccc3ccccc23)CC1. The summed E-state index contributed by atoms with van der Waals surface area (Å²) in [6, 6.07) is 22.3. The number of benzene rings is 3. The van der Waals surface area contributed by atoms with E-state index in [1.165, 1.54) is 54.0 Å². The van der Waals surface area contributed by atoms with Crippen LogP contribution in [0, 0.1) is 5.92 Å². The minimum atomic E-state index is -0.0629. The summed E-state index contributed by atoms with van der Waals surface area (Å²) in [4.78, 5) is 28.0. The number of amides is 2. The summed E-state index contributed by atoms with van der Waals surface area (Å²) in [5.74, 6) is 1.00. The lowest BCUT2D eigenvalue weighted by Gasteiger charge is -2.31. The van der Waals surface area contributed by atoms with Crippen molar-refractivity contribution in [3.63, 3.8) is 0 Å². The van der Waals surface area contributed by atoms with E-state index in [0.717, 1.165) is 42.9 Å². The molecule has 6 rings (SSSR count). The molecule has 0 radical (unpaired) electrons. The molecule has 1 aliphatic carbocycles. The average Bonchev–Trinajstić information content (AvgIpc) is 3.52. The Morgan fingerprint density at radius 3 is 2.45 bits per heavy atom. The van der Waals surface area contributed by atoms with Crippen LogP contribution >= 0.6 is 0 Å². The molecule has 210 valence electrons. The van der Waals surface area contributed by atoms with Crippen molar-refractivity contribution in [2.24, 2.45) is 5.92 Å². The largest absolute Gasteiger partial charge is 0.335 e. The summed E-state index contributed by atoms with van der Waals surface area (Å²) in [5.41, 5.74) is 4.92. The van der Waals surface area contributed by atoms with Crippen molar-refractivity contribution in [3.8, 4) is 0 Å². The van der Waals surface area contributed by atoms with Gasteiger partial charge in [-0.25, -0.2) is 4.79 Å². The van der Waals surface area contributed by atoms with Gasteiger partial charge in [-0.2, -0.15) is 0 Å². The molecule has 2 fully saturated rings. The molecule has 5 nitrogen and oxygen atoms in total. The van der Waals surface area contributed by atoms with Gasteiger partial charge in [0.05, 0.1) is 6.04 Å². The topological polar surface area (TPSA) is 61.4 Å². The molecule has 3 aliphatic rings. The van der Waals surface area contributed by atoms with E-state index in [4.69, 9.17) is 0 Å². The molecule has 3 atom stereocenters. The van der Waals surface area contributed by atoms with Crippen LogP contribution < -0.4 is 10.6 Å². The van der Waals surface area contributed by atoms with Crippen molar-refractivity contribution in [1.82, 2.24) is 15.5 Å². The Balaban J connectivity index is 0.969. The summed E-state index contributed by atoms with van der Waals surface area (Å²) in [5, 5.41) is 8.82. The molecule has 0 aromatic heterocycles. The highest BCUT2D eigenvalue weighted by Crippen LogP contribution is 2.53. The molecular weight excluding hydrogens is 494 g/mol. The predicted molar refractivity (Wildman–Crippen MR) is 161 cm³/mol. The molecule has 2 amide bonds. The van der Waals surface area contributed by atoms with Gasteiger partial charge < -0.3 is 10.6 Å². The van der Waals surface area contributed by atoms with Crippen LogP contribution in [0.3, 0.4) is 0 Å². The normalized spacial score (nSPS) is 24.6. The fraction of sp³-hybridized carbons (Fsp3) is 0.486. The fourth-order valence-electron chi connectivity index (χ4n) is 7.61. The zero-order valence-electron chi connectivity index (χ0n) is 24.0. The number of ketones is 1. The molecule has 3 aromatic carbocycles. The molecule has 2 unspecified atom stereocenters. The van der Waals surface area contributed by atoms with Gasteiger partial charge in [0.2, 0.25) is 0 Å². The molecule has 0 spiro atoms. The van der Waals surface area contributed by atoms with Gasteiger partial charge in [0, 0.05) is 30.1 Å². The predicted octanol–water partition coefficient (Wildman–Crippen LogP) is 8.02. The number of carbonyl (C=O) groups excluding carboxylic acids is 2. The second-order valence-corrected chi connectivity index (χ2v) is 12.3. The van der Waals surface area contributed by atoms with E-state index in [1.54, 1.807) is 0 Å². The van der Waals surface area contributed by atoms with Gasteiger partial charge in [-0.05, 0) is 104 Å². The number of hydrogen-bond acceptors (Lipinski definition) is 3. The summed E-state index contributed by atoms with van der Waals surface area (Å²) in [6.07, 6.45) is 9.67. The van der Waals surface area contributed by atoms with E-state index >= 15 is 0 Å². The zero-order valence-corrected chi connectivity index (χ0v) is 24.0. The first kappa shape index (κ1) is 27.0. The number of Topliss-reactive ketones (excluding diaryl/α,β-unsaturated/α-hetero) is 1. The number of hydrogen-bond donors (Lipinski definition) is 2. The fourth-order valence-corrected chi connectivity index (χ4v) is 7.61. The van der Waals surface area contributed by atoms with E-state index in [9.17, 15) is 9.59 Å². The van der Waals surface area contributed by atoms with Crippen LogP contribution in [0.1, 0.15) is 117 Å². The number of fused-ring (bicyclic) bond motifs is 6. The van der Waals surface area contributed by atoms with Crippen LogP contribution in [0.4, 0.5) is 4.79 Å². The first-order valence-electron chi connectivity index (χ1n) is 15.5. The molecule has 2 heterocycles. The lowest BCUT2D eigenvalue weighted by atomic mass is 9.84. The Hall–Kier alpha value is -3.18. The minimum absolute atomic E-state index is 0.0526. The van der Waals surface area contributed by atoms with E-state index in [2.05, 4.69) is 90.0 Å². The average molecular weight is 538 g/mol. The lowest BCUT2D eigenvalue weighted by molar-refractivity contribution is 0.0981. The quantitative estimate of drug-likeness (QED) is 0.272. The summed E-state index contributed by atoms with van der Waals surface area (Å²) in [7, 11) is 0. The molecule has 2 bridgehead atoms. The zero-order chi connectivity index (χ0) is 27.6. The van der Waals surface area contributed by atoms with Gasteiger partial charge in [-0.1, -0.05) is 61.5 Å². The third-order valence-electron chi connectivity index (χ3n) is 9.73. The molecule has 1 saturated heterocycles. The number of carbonyl (C=O) groups is 2. The van der Waals surface area contributed by atoms with Crippen molar-refractivity contribution in [2.45, 2.75) is 95.8 Å². The van der Waals surface area contributed by atoms with Gasteiger partial charge in [0.15, 0.2) is 5.78 Å². The number of nitrogens with zero attached hydrogens (tertiary/aromatic N) is 1. The highest BCUT2D eigenvalue weighted by molar-refractivity contribution is 5.96. The van der Waals surface area contributed by atoms with Gasteiger partial charge in [0.1, 0.15) is 0 Å². The van der Waals surface area contributed by atoms with Crippen molar-refractivity contribution < 1.29 is 9.59 Å². The van der Waals surface area contributed by atoms with Gasteiger partial charge in [0.25, 0.3) is 0 Å². The second kappa shape index (κ2) is 11.7. The third-order valence-corrected chi connectivity index (χ3v) is 9.73. The second-order valence-electron chi connectivity index (χ2n) is 12.3. The van der Waals surface area contributed by atoms with E-state index in [0.29, 0.717) is 18.5 Å². The lowest BCUT2D eigenvalue weighted by Crippen LogP contribution is -2.44. The van der Waals surface area contributed by atoms with Crippen LogP contribution in [0.15, 0.2) is 60.7 Å². The van der Waals surface area contributed by atoms with Crippen LogP contribution in [-0.4, -0.2) is 29.3 Å². The Morgan fingerprint density at radius 2 is 1.65 bits per heavy atom. The molecule has 2 N–H and O–H groups in total. The first-order valence-corrected chi connectivity index (χ1v) is 15.5. The number of urea groups is 1. The maximum absolute atomic E-state index is 12.9. The van der Waals surface area contributed by atoms with Gasteiger partial charge in [-0.15, -0.1) is 0 Å². The minimum Gasteiger partial charge on any atom is -0.335 e. The van der Waals surface area contributed by atoms with Crippen molar-refractivity contribution in [3.05, 3.63) is 82.9 Å². The molecule has 1 saturated carbocycles. The van der Waals surface area contributed by atoms with Crippen LogP contribution in [0.5, 0.6) is 0 Å². The van der Waals surface area contributed by atoms with Crippen molar-refractivity contribution >= 4 is 22.6 Å². The molecular formula is C35H43N3O2. The standard InChI is InChI=1S/C35H43N3O2/c1-3-7-34(39)26-14-17-30-31(22-26)33-19-18-32(30)38(33)21-20-24-12-15-27(16-13-24)37-35(40)36-23(2)28-11-6-9-25-8-4-5-10-29(25)28/h4-6,8-11,14,17,22-24,27,32-33H,3,7,12-13,15-16,18-21H2,1-2H3,(H2,36,37,40)/t23-,24?,27?,32?,33?/m1/s1. The monoisotopic (exact) mass is 537 g/mol.